The molecular formula is C27H50O2. The molecule has 0 aromatic heterocycles. The molecule has 2 nitrogen and oxygen atoms in total. The van der Waals surface area contributed by atoms with Crippen LogP contribution >= 0.6 is 0 Å². The van der Waals surface area contributed by atoms with E-state index in [4.69, 9.17) is 4.74 Å². The summed E-state index contributed by atoms with van der Waals surface area (Å²) in [5.74, 6) is 1.47. The van der Waals surface area contributed by atoms with Crippen LogP contribution in [0.5, 0.6) is 0 Å². The number of esters is 1. The average Bonchev–Trinajstić information content (AvgIpc) is 2.70. The highest BCUT2D eigenvalue weighted by Gasteiger charge is 2.10. The maximum Gasteiger partial charge on any atom is 0.310 e. The van der Waals surface area contributed by atoms with Gasteiger partial charge >= 0.3 is 5.97 Å². The van der Waals surface area contributed by atoms with Gasteiger partial charge in [-0.25, -0.2) is 0 Å². The van der Waals surface area contributed by atoms with Crippen LogP contribution in [-0.2, 0) is 9.53 Å². The summed E-state index contributed by atoms with van der Waals surface area (Å²) in [4.78, 5) is 12.3. The Balaban J connectivity index is 2.31. The van der Waals surface area contributed by atoms with Crippen molar-refractivity contribution >= 4 is 5.97 Å². The van der Waals surface area contributed by atoms with Crippen LogP contribution in [0.2, 0.25) is 0 Å². The fourth-order valence-corrected chi connectivity index (χ4v) is 4.35. The molecule has 1 unspecified atom stereocenters. The summed E-state index contributed by atoms with van der Waals surface area (Å²) in [6, 6.07) is 0. The number of hydrogen-bond acceptors (Lipinski definition) is 2. The van der Waals surface area contributed by atoms with E-state index < -0.39 is 0 Å². The normalized spacial score (nSPS) is 22.1. The zero-order valence-electron chi connectivity index (χ0n) is 19.8. The standard InChI is InChI=1S/C27H50O2/c1-3-4-5-6-7-14-17-20-23-27(28)29-26-22-19-16-13-11-9-8-10-12-15-18-21-25(2)24-26/h24-25H,3-23H2,1-2H3/b26-24-. The lowest BCUT2D eigenvalue weighted by Gasteiger charge is -2.13. The molecule has 0 amide bonds. The highest BCUT2D eigenvalue weighted by Crippen LogP contribution is 2.21. The van der Waals surface area contributed by atoms with Gasteiger partial charge in [0.25, 0.3) is 0 Å². The Morgan fingerprint density at radius 2 is 1.31 bits per heavy atom. The van der Waals surface area contributed by atoms with Crippen LogP contribution in [0.15, 0.2) is 11.8 Å². The first kappa shape index (κ1) is 26.2. The zero-order chi connectivity index (χ0) is 21.0. The van der Waals surface area contributed by atoms with Crippen LogP contribution < -0.4 is 0 Å². The van der Waals surface area contributed by atoms with Gasteiger partial charge in [-0.15, -0.1) is 0 Å². The van der Waals surface area contributed by atoms with Gasteiger partial charge in [0.05, 0.1) is 0 Å². The lowest BCUT2D eigenvalue weighted by atomic mass is 10.0. The number of ether oxygens (including phenoxy) is 1. The Bertz CT molecular complexity index is 413. The number of allylic oxidation sites excluding steroid dienone is 2. The zero-order valence-corrected chi connectivity index (χ0v) is 19.8. The molecule has 1 aliphatic rings. The van der Waals surface area contributed by atoms with Gasteiger partial charge in [-0.2, -0.15) is 0 Å². The lowest BCUT2D eigenvalue weighted by Crippen LogP contribution is -2.06. The largest absolute Gasteiger partial charge is 0.431 e. The lowest BCUT2D eigenvalue weighted by molar-refractivity contribution is -0.139. The third-order valence-electron chi connectivity index (χ3n) is 6.28. The van der Waals surface area contributed by atoms with Crippen molar-refractivity contribution in [2.45, 2.75) is 149 Å². The Kier molecular flexibility index (Phi) is 17.4. The van der Waals surface area contributed by atoms with E-state index in [1.807, 2.05) is 0 Å². The van der Waals surface area contributed by atoms with E-state index in [9.17, 15) is 4.79 Å². The van der Waals surface area contributed by atoms with Crippen LogP contribution in [0, 0.1) is 5.92 Å². The van der Waals surface area contributed by atoms with Crippen molar-refractivity contribution in [2.24, 2.45) is 5.92 Å². The molecule has 0 radical (unpaired) electrons. The molecule has 170 valence electrons. The van der Waals surface area contributed by atoms with Crippen molar-refractivity contribution in [3.8, 4) is 0 Å². The molecule has 2 heteroatoms. The summed E-state index contributed by atoms with van der Waals surface area (Å²) in [7, 11) is 0. The smallest absolute Gasteiger partial charge is 0.310 e. The quantitative estimate of drug-likeness (QED) is 0.267. The van der Waals surface area contributed by atoms with Crippen LogP contribution in [0.3, 0.4) is 0 Å². The molecule has 1 atom stereocenters. The van der Waals surface area contributed by atoms with E-state index in [0.717, 1.165) is 31.4 Å². The number of unbranched alkanes of at least 4 members (excludes halogenated alkanes) is 7. The summed E-state index contributed by atoms with van der Waals surface area (Å²) in [6.07, 6.45) is 28.5. The van der Waals surface area contributed by atoms with Gasteiger partial charge in [-0.3, -0.25) is 4.79 Å². The summed E-state index contributed by atoms with van der Waals surface area (Å²) in [6.45, 7) is 4.54. The minimum Gasteiger partial charge on any atom is -0.431 e. The van der Waals surface area contributed by atoms with Crippen molar-refractivity contribution < 1.29 is 9.53 Å². The first-order chi connectivity index (χ1) is 14.2. The highest BCUT2D eigenvalue weighted by molar-refractivity contribution is 5.70. The number of carbonyl (C=O) groups excluding carboxylic acids is 1. The molecular weight excluding hydrogens is 356 g/mol. The predicted octanol–water partition coefficient (Wildman–Crippen LogP) is 9.28. The number of hydrogen-bond donors (Lipinski definition) is 0. The van der Waals surface area contributed by atoms with E-state index >= 15 is 0 Å². The highest BCUT2D eigenvalue weighted by atomic mass is 16.5. The van der Waals surface area contributed by atoms with E-state index in [-0.39, 0.29) is 5.97 Å². The molecule has 0 N–H and O–H groups in total. The molecule has 1 aliphatic carbocycles. The van der Waals surface area contributed by atoms with Gasteiger partial charge < -0.3 is 4.74 Å². The molecule has 0 saturated heterocycles. The maximum absolute atomic E-state index is 12.3. The Hall–Kier alpha value is -0.790. The first-order valence-corrected chi connectivity index (χ1v) is 13.1. The van der Waals surface area contributed by atoms with E-state index in [0.29, 0.717) is 12.3 Å². The predicted molar refractivity (Wildman–Crippen MR) is 126 cm³/mol. The Morgan fingerprint density at radius 1 is 0.793 bits per heavy atom. The molecule has 29 heavy (non-hydrogen) atoms. The van der Waals surface area contributed by atoms with Gasteiger partial charge in [0.1, 0.15) is 5.76 Å². The molecule has 0 heterocycles. The maximum atomic E-state index is 12.3. The van der Waals surface area contributed by atoms with Crippen molar-refractivity contribution in [3.63, 3.8) is 0 Å². The summed E-state index contributed by atoms with van der Waals surface area (Å²) in [5.41, 5.74) is 0. The SMILES string of the molecule is CCCCCCCCCCC(=O)O/C1=C\C(C)CCCCCCCCCCCC1. The second-order valence-corrected chi connectivity index (χ2v) is 9.38. The summed E-state index contributed by atoms with van der Waals surface area (Å²) >= 11 is 0. The number of carbonyl (C=O) groups is 1. The fourth-order valence-electron chi connectivity index (χ4n) is 4.35. The first-order valence-electron chi connectivity index (χ1n) is 13.1. The second-order valence-electron chi connectivity index (χ2n) is 9.38. The van der Waals surface area contributed by atoms with Crippen molar-refractivity contribution in [3.05, 3.63) is 11.8 Å². The van der Waals surface area contributed by atoms with Crippen LogP contribution in [0.1, 0.15) is 149 Å². The van der Waals surface area contributed by atoms with Crippen molar-refractivity contribution in [2.75, 3.05) is 0 Å². The third kappa shape index (κ3) is 16.7. The molecule has 0 fully saturated rings. The Labute approximate surface area is 182 Å². The van der Waals surface area contributed by atoms with Crippen LogP contribution in [0.25, 0.3) is 0 Å². The second kappa shape index (κ2) is 19.2. The van der Waals surface area contributed by atoms with Crippen molar-refractivity contribution in [1.29, 1.82) is 0 Å². The van der Waals surface area contributed by atoms with Gasteiger partial charge in [0, 0.05) is 12.8 Å². The Morgan fingerprint density at radius 3 is 1.93 bits per heavy atom. The van der Waals surface area contributed by atoms with E-state index in [2.05, 4.69) is 19.9 Å². The topological polar surface area (TPSA) is 26.3 Å². The minimum absolute atomic E-state index is 0.00708. The molecule has 0 saturated carbocycles. The van der Waals surface area contributed by atoms with E-state index in [1.54, 1.807) is 0 Å². The van der Waals surface area contributed by atoms with Gasteiger partial charge in [0.15, 0.2) is 0 Å². The van der Waals surface area contributed by atoms with Gasteiger partial charge in [0.2, 0.25) is 0 Å². The number of rotatable bonds is 10. The minimum atomic E-state index is -0.00708. The molecule has 0 aromatic rings. The molecule has 0 spiro atoms. The molecule has 0 aromatic carbocycles. The average molecular weight is 407 g/mol. The summed E-state index contributed by atoms with van der Waals surface area (Å²) < 4.78 is 5.83. The fraction of sp³-hybridized carbons (Fsp3) is 0.889. The summed E-state index contributed by atoms with van der Waals surface area (Å²) in [5, 5.41) is 0. The van der Waals surface area contributed by atoms with Crippen LogP contribution in [0.4, 0.5) is 0 Å². The van der Waals surface area contributed by atoms with Gasteiger partial charge in [-0.1, -0.05) is 117 Å². The third-order valence-corrected chi connectivity index (χ3v) is 6.28. The van der Waals surface area contributed by atoms with E-state index in [1.165, 1.54) is 103 Å². The molecule has 0 bridgehead atoms. The van der Waals surface area contributed by atoms with Crippen LogP contribution in [-0.4, -0.2) is 5.97 Å². The molecule has 0 aliphatic heterocycles. The van der Waals surface area contributed by atoms with Crippen molar-refractivity contribution in [1.82, 2.24) is 0 Å². The molecule has 1 rings (SSSR count). The monoisotopic (exact) mass is 406 g/mol. The van der Waals surface area contributed by atoms with Gasteiger partial charge in [-0.05, 0) is 31.3 Å².